The summed E-state index contributed by atoms with van der Waals surface area (Å²) in [5.41, 5.74) is 3.52. The van der Waals surface area contributed by atoms with Crippen molar-refractivity contribution in [3.8, 4) is 0 Å². The minimum Gasteiger partial charge on any atom is -0.262 e. The average molecular weight is 185 g/mol. The molecule has 0 radical (unpaired) electrons. The van der Waals surface area contributed by atoms with Crippen molar-refractivity contribution in [3.05, 3.63) is 60.8 Å². The van der Waals surface area contributed by atoms with Crippen LogP contribution in [-0.4, -0.2) is 5.71 Å². The smallest absolute Gasteiger partial charge is 0.0441 e. The molecule has 0 heterocycles. The zero-order valence-electron chi connectivity index (χ0n) is 8.53. The topological polar surface area (TPSA) is 12.4 Å². The van der Waals surface area contributed by atoms with Gasteiger partial charge < -0.3 is 0 Å². The lowest BCUT2D eigenvalue weighted by Crippen LogP contribution is -2.00. The number of aryl methyl sites for hydroxylation is 1. The molecule has 0 saturated heterocycles. The molecular weight excluding hydrogens is 170 g/mol. The van der Waals surface area contributed by atoms with E-state index in [0.29, 0.717) is 0 Å². The van der Waals surface area contributed by atoms with Gasteiger partial charge in [-0.1, -0.05) is 37.4 Å². The van der Waals surface area contributed by atoms with Crippen molar-refractivity contribution in [2.75, 3.05) is 0 Å². The molecule has 1 rings (SSSR count). The van der Waals surface area contributed by atoms with Crippen molar-refractivity contribution in [1.82, 2.24) is 0 Å². The van der Waals surface area contributed by atoms with Crippen molar-refractivity contribution in [2.24, 2.45) is 4.99 Å². The van der Waals surface area contributed by atoms with Crippen LogP contribution < -0.4 is 0 Å². The molecule has 72 valence electrons. The second kappa shape index (κ2) is 5.18. The minimum absolute atomic E-state index is 0.822. The van der Waals surface area contributed by atoms with E-state index in [1.165, 1.54) is 11.1 Å². The second-order valence-electron chi connectivity index (χ2n) is 3.11. The van der Waals surface area contributed by atoms with Crippen LogP contribution in [0.5, 0.6) is 0 Å². The van der Waals surface area contributed by atoms with E-state index in [-0.39, 0.29) is 0 Å². The van der Waals surface area contributed by atoms with E-state index in [0.717, 1.165) is 12.1 Å². The Balaban J connectivity index is 2.87. The lowest BCUT2D eigenvalue weighted by Gasteiger charge is -2.04. The van der Waals surface area contributed by atoms with Crippen molar-refractivity contribution in [3.63, 3.8) is 0 Å². The summed E-state index contributed by atoms with van der Waals surface area (Å²) >= 11 is 0. The fourth-order valence-electron chi connectivity index (χ4n) is 1.29. The number of hydrogen-bond donors (Lipinski definition) is 0. The molecule has 0 unspecified atom stereocenters. The average Bonchev–Trinajstić information content (AvgIpc) is 2.20. The SMILES string of the molecule is C=CN=C(C=C)Cc1ccccc1C. The molecule has 0 aliphatic carbocycles. The van der Waals surface area contributed by atoms with Gasteiger partial charge in [0.15, 0.2) is 0 Å². The van der Waals surface area contributed by atoms with Crippen LogP contribution in [0.2, 0.25) is 0 Å². The van der Waals surface area contributed by atoms with Gasteiger partial charge in [0.1, 0.15) is 0 Å². The summed E-state index contributed by atoms with van der Waals surface area (Å²) in [5, 5.41) is 0. The summed E-state index contributed by atoms with van der Waals surface area (Å²) in [5.74, 6) is 0. The first kappa shape index (κ1) is 10.5. The molecule has 14 heavy (non-hydrogen) atoms. The fraction of sp³-hybridized carbons (Fsp3) is 0.154. The van der Waals surface area contributed by atoms with Gasteiger partial charge in [0.25, 0.3) is 0 Å². The van der Waals surface area contributed by atoms with Crippen LogP contribution in [0.3, 0.4) is 0 Å². The Morgan fingerprint density at radius 2 is 2.07 bits per heavy atom. The van der Waals surface area contributed by atoms with E-state index in [9.17, 15) is 0 Å². The summed E-state index contributed by atoms with van der Waals surface area (Å²) in [4.78, 5) is 4.14. The fourth-order valence-corrected chi connectivity index (χ4v) is 1.29. The Bertz CT molecular complexity index is 361. The summed E-state index contributed by atoms with van der Waals surface area (Å²) in [6.45, 7) is 9.41. The molecule has 0 spiro atoms. The normalized spacial score (nSPS) is 11.1. The Hall–Kier alpha value is -1.63. The highest BCUT2D eigenvalue weighted by Crippen LogP contribution is 2.08. The zero-order valence-corrected chi connectivity index (χ0v) is 8.53. The molecule has 1 nitrogen and oxygen atoms in total. The maximum absolute atomic E-state index is 4.14. The van der Waals surface area contributed by atoms with E-state index in [1.54, 1.807) is 12.3 Å². The highest BCUT2D eigenvalue weighted by atomic mass is 14.7. The minimum atomic E-state index is 0.822. The summed E-state index contributed by atoms with van der Waals surface area (Å²) in [6.07, 6.45) is 4.14. The highest BCUT2D eigenvalue weighted by Gasteiger charge is 1.99. The van der Waals surface area contributed by atoms with Crippen LogP contribution in [0.1, 0.15) is 11.1 Å². The quantitative estimate of drug-likeness (QED) is 0.638. The van der Waals surface area contributed by atoms with Gasteiger partial charge in [0.2, 0.25) is 0 Å². The molecule has 0 amide bonds. The van der Waals surface area contributed by atoms with Gasteiger partial charge in [0, 0.05) is 18.3 Å². The second-order valence-corrected chi connectivity index (χ2v) is 3.11. The van der Waals surface area contributed by atoms with E-state index in [2.05, 4.69) is 37.2 Å². The van der Waals surface area contributed by atoms with Gasteiger partial charge in [-0.3, -0.25) is 4.99 Å². The molecule has 0 bridgehead atoms. The molecule has 0 fully saturated rings. The van der Waals surface area contributed by atoms with Crippen molar-refractivity contribution < 1.29 is 0 Å². The number of rotatable bonds is 4. The molecule has 1 aromatic carbocycles. The Morgan fingerprint density at radius 3 is 2.64 bits per heavy atom. The zero-order chi connectivity index (χ0) is 10.4. The molecule has 0 aliphatic rings. The largest absolute Gasteiger partial charge is 0.262 e. The van der Waals surface area contributed by atoms with Gasteiger partial charge in [0.05, 0.1) is 0 Å². The lowest BCUT2D eigenvalue weighted by atomic mass is 10.0. The van der Waals surface area contributed by atoms with Gasteiger partial charge in [-0.05, 0) is 24.1 Å². The maximum atomic E-state index is 4.14. The Kier molecular flexibility index (Phi) is 3.86. The first-order chi connectivity index (χ1) is 6.77. The maximum Gasteiger partial charge on any atom is 0.0441 e. The molecular formula is C13H15N. The molecule has 1 heteroatoms. The molecule has 0 atom stereocenters. The predicted molar refractivity (Wildman–Crippen MR) is 62.7 cm³/mol. The van der Waals surface area contributed by atoms with E-state index >= 15 is 0 Å². The first-order valence-corrected chi connectivity index (χ1v) is 4.62. The summed E-state index contributed by atoms with van der Waals surface area (Å²) in [6, 6.07) is 8.29. The van der Waals surface area contributed by atoms with E-state index in [4.69, 9.17) is 0 Å². The van der Waals surface area contributed by atoms with Crippen molar-refractivity contribution in [1.29, 1.82) is 0 Å². The number of benzene rings is 1. The van der Waals surface area contributed by atoms with E-state index in [1.807, 2.05) is 12.1 Å². The van der Waals surface area contributed by atoms with Crippen LogP contribution in [-0.2, 0) is 6.42 Å². The van der Waals surface area contributed by atoms with E-state index < -0.39 is 0 Å². The molecule has 0 saturated carbocycles. The van der Waals surface area contributed by atoms with Crippen molar-refractivity contribution in [2.45, 2.75) is 13.3 Å². The highest BCUT2D eigenvalue weighted by molar-refractivity contribution is 5.96. The molecule has 0 aromatic heterocycles. The van der Waals surface area contributed by atoms with Crippen LogP contribution in [0, 0.1) is 6.92 Å². The number of allylic oxidation sites excluding steroid dienone is 1. The summed E-state index contributed by atoms with van der Waals surface area (Å²) in [7, 11) is 0. The number of hydrogen-bond acceptors (Lipinski definition) is 1. The van der Waals surface area contributed by atoms with Gasteiger partial charge in [-0.2, -0.15) is 0 Å². The number of nitrogens with zero attached hydrogens (tertiary/aromatic N) is 1. The monoisotopic (exact) mass is 185 g/mol. The molecule has 0 N–H and O–H groups in total. The third kappa shape index (κ3) is 2.70. The van der Waals surface area contributed by atoms with Crippen LogP contribution >= 0.6 is 0 Å². The lowest BCUT2D eigenvalue weighted by molar-refractivity contribution is 1.25. The van der Waals surface area contributed by atoms with Crippen molar-refractivity contribution >= 4 is 5.71 Å². The predicted octanol–water partition coefficient (Wildman–Crippen LogP) is 3.31. The molecule has 1 aromatic rings. The number of aliphatic imine (C=N–C) groups is 1. The summed E-state index contributed by atoms with van der Waals surface area (Å²) < 4.78 is 0. The Labute approximate surface area is 85.5 Å². The standard InChI is InChI=1S/C13H15N/c1-4-13(14-5-2)10-12-9-7-6-8-11(12)3/h4-9H,1-2,10H2,3H3. The van der Waals surface area contributed by atoms with Crippen LogP contribution in [0.15, 0.2) is 54.7 Å². The third-order valence-electron chi connectivity index (χ3n) is 2.13. The third-order valence-corrected chi connectivity index (χ3v) is 2.13. The van der Waals surface area contributed by atoms with Crippen LogP contribution in [0.4, 0.5) is 0 Å². The molecule has 0 aliphatic heterocycles. The van der Waals surface area contributed by atoms with Gasteiger partial charge >= 0.3 is 0 Å². The Morgan fingerprint density at radius 1 is 1.36 bits per heavy atom. The van der Waals surface area contributed by atoms with Crippen LogP contribution in [0.25, 0.3) is 0 Å². The first-order valence-electron chi connectivity index (χ1n) is 4.62. The van der Waals surface area contributed by atoms with Gasteiger partial charge in [-0.15, -0.1) is 0 Å². The van der Waals surface area contributed by atoms with Gasteiger partial charge in [-0.25, -0.2) is 0 Å².